The highest BCUT2D eigenvalue weighted by Gasteiger charge is 2.18. The number of amides is 1. The van der Waals surface area contributed by atoms with E-state index in [1.807, 2.05) is 12.1 Å². The number of hydrogen-bond acceptors (Lipinski definition) is 6. The van der Waals surface area contributed by atoms with Gasteiger partial charge in [0.15, 0.2) is 0 Å². The van der Waals surface area contributed by atoms with Crippen LogP contribution in [0.4, 0.5) is 5.69 Å². The van der Waals surface area contributed by atoms with Gasteiger partial charge in [-0.1, -0.05) is 47.1 Å². The van der Waals surface area contributed by atoms with Crippen molar-refractivity contribution in [1.82, 2.24) is 19.7 Å². The zero-order chi connectivity index (χ0) is 22.8. The number of carbonyl (C=O) groups excluding carboxylic acids is 1. The Morgan fingerprint density at radius 3 is 2.61 bits per heavy atom. The zero-order valence-electron chi connectivity index (χ0n) is 17.1. The van der Waals surface area contributed by atoms with Crippen LogP contribution >= 0.6 is 11.6 Å². The number of benzene rings is 2. The standard InChI is InChI=1S/C24H16ClN5O3/c25-18-6-2-3-7-19(18)27-21(31)14-30-20-8-4-1-5-16(20)17(13-22(30)32)24-28-23(29-33-24)15-9-11-26-12-10-15/h1-13H,14H2,(H,27,31). The highest BCUT2D eigenvalue weighted by molar-refractivity contribution is 6.33. The van der Waals surface area contributed by atoms with Gasteiger partial charge >= 0.3 is 0 Å². The molecule has 162 valence electrons. The summed E-state index contributed by atoms with van der Waals surface area (Å²) < 4.78 is 6.85. The maximum absolute atomic E-state index is 13.0. The van der Waals surface area contributed by atoms with Crippen molar-refractivity contribution < 1.29 is 9.32 Å². The minimum Gasteiger partial charge on any atom is -0.334 e. The number of nitrogens with zero attached hydrogens (tertiary/aromatic N) is 4. The summed E-state index contributed by atoms with van der Waals surface area (Å²) in [7, 11) is 0. The van der Waals surface area contributed by atoms with Crippen molar-refractivity contribution in [3.63, 3.8) is 0 Å². The lowest BCUT2D eigenvalue weighted by molar-refractivity contribution is -0.116. The van der Waals surface area contributed by atoms with E-state index in [1.54, 1.807) is 60.9 Å². The van der Waals surface area contributed by atoms with Crippen LogP contribution in [-0.4, -0.2) is 25.6 Å². The molecular formula is C24H16ClN5O3. The Morgan fingerprint density at radius 2 is 1.79 bits per heavy atom. The lowest BCUT2D eigenvalue weighted by Gasteiger charge is -2.13. The molecule has 0 bridgehead atoms. The predicted molar refractivity (Wildman–Crippen MR) is 125 cm³/mol. The molecule has 1 N–H and O–H groups in total. The van der Waals surface area contributed by atoms with E-state index in [0.717, 1.165) is 5.56 Å². The third-order valence-corrected chi connectivity index (χ3v) is 5.39. The van der Waals surface area contributed by atoms with Crippen molar-refractivity contribution in [3.8, 4) is 22.8 Å². The van der Waals surface area contributed by atoms with Gasteiger partial charge in [0, 0.05) is 29.4 Å². The molecule has 3 heterocycles. The van der Waals surface area contributed by atoms with Gasteiger partial charge in [0.25, 0.3) is 11.4 Å². The van der Waals surface area contributed by atoms with E-state index in [9.17, 15) is 9.59 Å². The van der Waals surface area contributed by atoms with Crippen molar-refractivity contribution in [3.05, 3.63) is 94.5 Å². The van der Waals surface area contributed by atoms with Crippen LogP contribution in [-0.2, 0) is 11.3 Å². The van der Waals surface area contributed by atoms with Crippen LogP contribution in [0, 0.1) is 0 Å². The number of rotatable bonds is 5. The van der Waals surface area contributed by atoms with Crippen LogP contribution in [0.3, 0.4) is 0 Å². The minimum absolute atomic E-state index is 0.184. The first-order valence-corrected chi connectivity index (χ1v) is 10.4. The summed E-state index contributed by atoms with van der Waals surface area (Å²) >= 11 is 6.12. The fourth-order valence-electron chi connectivity index (χ4n) is 3.52. The van der Waals surface area contributed by atoms with E-state index in [-0.39, 0.29) is 23.9 Å². The first-order valence-electron chi connectivity index (χ1n) is 10.0. The summed E-state index contributed by atoms with van der Waals surface area (Å²) in [5, 5.41) is 7.89. The lowest BCUT2D eigenvalue weighted by atomic mass is 10.1. The largest absolute Gasteiger partial charge is 0.334 e. The number of anilines is 1. The Morgan fingerprint density at radius 1 is 1.03 bits per heavy atom. The molecule has 0 unspecified atom stereocenters. The molecule has 0 aliphatic carbocycles. The number of para-hydroxylation sites is 2. The third kappa shape index (κ3) is 4.11. The van der Waals surface area contributed by atoms with Gasteiger partial charge in [-0.3, -0.25) is 19.1 Å². The molecule has 0 radical (unpaired) electrons. The Balaban J connectivity index is 1.52. The van der Waals surface area contributed by atoms with Crippen LogP contribution in [0.5, 0.6) is 0 Å². The number of halogens is 1. The molecule has 0 spiro atoms. The van der Waals surface area contributed by atoms with Gasteiger partial charge in [-0.05, 0) is 30.3 Å². The Bertz CT molecular complexity index is 1530. The second-order valence-corrected chi connectivity index (χ2v) is 7.59. The van der Waals surface area contributed by atoms with Gasteiger partial charge in [-0.15, -0.1) is 0 Å². The second-order valence-electron chi connectivity index (χ2n) is 7.19. The minimum atomic E-state index is -0.374. The van der Waals surface area contributed by atoms with E-state index in [0.29, 0.717) is 33.0 Å². The molecule has 0 atom stereocenters. The van der Waals surface area contributed by atoms with Gasteiger partial charge in [-0.2, -0.15) is 4.98 Å². The van der Waals surface area contributed by atoms with Gasteiger partial charge in [0.2, 0.25) is 11.7 Å². The topological polar surface area (TPSA) is 103 Å². The van der Waals surface area contributed by atoms with Gasteiger partial charge < -0.3 is 9.84 Å². The van der Waals surface area contributed by atoms with Gasteiger partial charge in [0.05, 0.1) is 21.8 Å². The Hall–Kier alpha value is -4.30. The van der Waals surface area contributed by atoms with Crippen LogP contribution < -0.4 is 10.9 Å². The monoisotopic (exact) mass is 457 g/mol. The highest BCUT2D eigenvalue weighted by Crippen LogP contribution is 2.28. The molecule has 5 aromatic rings. The van der Waals surface area contributed by atoms with Crippen LogP contribution in [0.2, 0.25) is 5.02 Å². The summed E-state index contributed by atoms with van der Waals surface area (Å²) in [5.74, 6) is 0.225. The number of carbonyl (C=O) groups is 1. The van der Waals surface area contributed by atoms with E-state index >= 15 is 0 Å². The van der Waals surface area contributed by atoms with Gasteiger partial charge in [0.1, 0.15) is 6.54 Å². The number of nitrogens with one attached hydrogen (secondary N) is 1. The second kappa shape index (κ2) is 8.68. The molecule has 5 rings (SSSR count). The highest BCUT2D eigenvalue weighted by atomic mass is 35.5. The van der Waals surface area contributed by atoms with E-state index in [1.165, 1.54) is 10.6 Å². The number of hydrogen-bond donors (Lipinski definition) is 1. The van der Waals surface area contributed by atoms with E-state index < -0.39 is 0 Å². The lowest BCUT2D eigenvalue weighted by Crippen LogP contribution is -2.27. The molecule has 0 fully saturated rings. The molecule has 8 nitrogen and oxygen atoms in total. The summed E-state index contributed by atoms with van der Waals surface area (Å²) in [6.45, 7) is -0.184. The Labute approximate surface area is 192 Å². The average Bonchev–Trinajstić information content (AvgIpc) is 3.33. The first-order chi connectivity index (χ1) is 16.1. The van der Waals surface area contributed by atoms with Crippen LogP contribution in [0.1, 0.15) is 0 Å². The molecule has 0 aliphatic heterocycles. The molecule has 1 amide bonds. The van der Waals surface area contributed by atoms with Crippen molar-refractivity contribution in [2.75, 3.05) is 5.32 Å². The van der Waals surface area contributed by atoms with E-state index in [2.05, 4.69) is 20.4 Å². The summed E-state index contributed by atoms with van der Waals surface area (Å²) in [5.41, 5.74) is 1.91. The smallest absolute Gasteiger partial charge is 0.259 e. The van der Waals surface area contributed by atoms with Crippen LogP contribution in [0.25, 0.3) is 33.7 Å². The SMILES string of the molecule is O=C(Cn1c(=O)cc(-c2nc(-c3ccncc3)no2)c2ccccc21)Nc1ccccc1Cl. The summed E-state index contributed by atoms with van der Waals surface area (Å²) in [6.07, 6.45) is 3.27. The first kappa shape index (κ1) is 20.6. The quantitative estimate of drug-likeness (QED) is 0.419. The average molecular weight is 458 g/mol. The number of pyridine rings is 2. The third-order valence-electron chi connectivity index (χ3n) is 5.06. The Kier molecular flexibility index (Phi) is 5.42. The molecule has 0 aliphatic rings. The molecule has 0 saturated heterocycles. The van der Waals surface area contributed by atoms with Crippen LogP contribution in [0.15, 0.2) is 88.4 Å². The fraction of sp³-hybridized carbons (Fsp3) is 0.0417. The zero-order valence-corrected chi connectivity index (χ0v) is 17.9. The normalized spacial score (nSPS) is 10.9. The number of aromatic nitrogens is 4. The van der Waals surface area contributed by atoms with Gasteiger partial charge in [-0.25, -0.2) is 0 Å². The fourth-order valence-corrected chi connectivity index (χ4v) is 3.70. The molecule has 33 heavy (non-hydrogen) atoms. The van der Waals surface area contributed by atoms with Crippen molar-refractivity contribution in [2.24, 2.45) is 0 Å². The predicted octanol–water partition coefficient (Wildman–Crippen LogP) is 4.41. The van der Waals surface area contributed by atoms with Crippen molar-refractivity contribution in [1.29, 1.82) is 0 Å². The molecule has 0 saturated carbocycles. The maximum Gasteiger partial charge on any atom is 0.259 e. The van der Waals surface area contributed by atoms with E-state index in [4.69, 9.17) is 16.1 Å². The molecule has 9 heteroatoms. The van der Waals surface area contributed by atoms with Crippen molar-refractivity contribution in [2.45, 2.75) is 6.54 Å². The summed E-state index contributed by atoms with van der Waals surface area (Å²) in [4.78, 5) is 34.1. The molecule has 3 aromatic heterocycles. The van der Waals surface area contributed by atoms with Crippen molar-refractivity contribution >= 4 is 34.1 Å². The molecule has 2 aromatic carbocycles. The number of fused-ring (bicyclic) bond motifs is 1. The molecular weight excluding hydrogens is 442 g/mol. The summed E-state index contributed by atoms with van der Waals surface area (Å²) in [6, 6.07) is 19.1. The maximum atomic E-state index is 13.0.